The summed E-state index contributed by atoms with van der Waals surface area (Å²) in [6.07, 6.45) is -1.16. The van der Waals surface area contributed by atoms with Crippen LogP contribution >= 0.6 is 0 Å². The number of benzene rings is 1. The fourth-order valence-corrected chi connectivity index (χ4v) is 1.60. The molecule has 0 spiro atoms. The van der Waals surface area contributed by atoms with E-state index in [4.69, 9.17) is 5.11 Å². The van der Waals surface area contributed by atoms with Gasteiger partial charge in [0.1, 0.15) is 0 Å². The lowest BCUT2D eigenvalue weighted by molar-refractivity contribution is -0.131. The van der Waals surface area contributed by atoms with E-state index < -0.39 is 29.6 Å². The van der Waals surface area contributed by atoms with Crippen LogP contribution in [-0.4, -0.2) is 28.8 Å². The number of hydrogen-bond acceptors (Lipinski definition) is 4. The van der Waals surface area contributed by atoms with Gasteiger partial charge in [-0.05, 0) is 17.7 Å². The summed E-state index contributed by atoms with van der Waals surface area (Å²) in [5, 5.41) is 14.4. The van der Waals surface area contributed by atoms with Gasteiger partial charge in [0.05, 0.1) is 0 Å². The Morgan fingerprint density at radius 2 is 2.15 bits per heavy atom. The van der Waals surface area contributed by atoms with Gasteiger partial charge in [-0.1, -0.05) is 11.2 Å². The van der Waals surface area contributed by atoms with E-state index in [-0.39, 0.29) is 18.7 Å². The van der Waals surface area contributed by atoms with Gasteiger partial charge in [-0.25, -0.2) is 13.6 Å². The Bertz CT molecular complexity index is 589. The fourth-order valence-electron chi connectivity index (χ4n) is 1.60. The number of amides is 1. The van der Waals surface area contributed by atoms with E-state index in [2.05, 4.69) is 15.3 Å². The Labute approximate surface area is 112 Å². The van der Waals surface area contributed by atoms with Crippen LogP contribution in [0.1, 0.15) is 12.0 Å². The van der Waals surface area contributed by atoms with E-state index in [1.165, 1.54) is 6.07 Å². The van der Waals surface area contributed by atoms with Crippen molar-refractivity contribution in [2.24, 2.45) is 5.16 Å². The molecule has 0 aliphatic carbocycles. The molecule has 1 aromatic rings. The fraction of sp³-hybridized carbons (Fsp3) is 0.250. The quantitative estimate of drug-likeness (QED) is 0.856. The number of hydrogen-bond donors (Lipinski definition) is 2. The molecule has 0 saturated heterocycles. The van der Waals surface area contributed by atoms with Crippen molar-refractivity contribution < 1.29 is 28.3 Å². The minimum Gasteiger partial charge on any atom is -0.477 e. The molecule has 0 saturated carbocycles. The second-order valence-corrected chi connectivity index (χ2v) is 4.11. The van der Waals surface area contributed by atoms with Crippen LogP contribution in [0.15, 0.2) is 23.4 Å². The summed E-state index contributed by atoms with van der Waals surface area (Å²) in [5.41, 5.74) is 0.132. The number of rotatable bonds is 4. The lowest BCUT2D eigenvalue weighted by Gasteiger charge is -2.09. The first-order chi connectivity index (χ1) is 9.47. The number of carboxylic acids is 1. The summed E-state index contributed by atoms with van der Waals surface area (Å²) in [5.74, 6) is -3.81. The van der Waals surface area contributed by atoms with Crippen molar-refractivity contribution in [1.82, 2.24) is 5.32 Å². The summed E-state index contributed by atoms with van der Waals surface area (Å²) in [7, 11) is 0. The van der Waals surface area contributed by atoms with Crippen molar-refractivity contribution in [3.8, 4) is 0 Å². The van der Waals surface area contributed by atoms with Crippen LogP contribution in [0.4, 0.5) is 8.78 Å². The molecule has 1 aromatic carbocycles. The molecular weight excluding hydrogens is 274 g/mol. The molecule has 1 aliphatic rings. The van der Waals surface area contributed by atoms with E-state index in [0.717, 1.165) is 12.1 Å². The molecule has 1 atom stereocenters. The number of carbonyl (C=O) groups is 2. The van der Waals surface area contributed by atoms with E-state index in [1.54, 1.807) is 0 Å². The highest BCUT2D eigenvalue weighted by Gasteiger charge is 2.31. The minimum absolute atomic E-state index is 0.0295. The smallest absolute Gasteiger partial charge is 0.353 e. The van der Waals surface area contributed by atoms with Gasteiger partial charge in [0.15, 0.2) is 17.3 Å². The van der Waals surface area contributed by atoms with E-state index >= 15 is 0 Å². The molecule has 106 valence electrons. The Balaban J connectivity index is 1.87. The van der Waals surface area contributed by atoms with E-state index in [0.29, 0.717) is 5.56 Å². The molecule has 2 rings (SSSR count). The highest BCUT2D eigenvalue weighted by Crippen LogP contribution is 2.12. The van der Waals surface area contributed by atoms with Gasteiger partial charge in [0.2, 0.25) is 6.10 Å². The highest BCUT2D eigenvalue weighted by molar-refractivity contribution is 6.36. The number of halogens is 2. The van der Waals surface area contributed by atoms with Crippen molar-refractivity contribution in [1.29, 1.82) is 0 Å². The van der Waals surface area contributed by atoms with Gasteiger partial charge < -0.3 is 15.3 Å². The van der Waals surface area contributed by atoms with E-state index in [1.807, 2.05) is 0 Å². The first kappa shape index (κ1) is 13.9. The SMILES string of the molecule is O=C(O)C1=NOC(C(=O)NCc2ccc(F)c(F)c2)C1. The Morgan fingerprint density at radius 1 is 1.40 bits per heavy atom. The maximum Gasteiger partial charge on any atom is 0.353 e. The topological polar surface area (TPSA) is 88.0 Å². The summed E-state index contributed by atoms with van der Waals surface area (Å²) < 4.78 is 25.7. The summed E-state index contributed by atoms with van der Waals surface area (Å²) >= 11 is 0. The molecule has 2 N–H and O–H groups in total. The molecule has 0 radical (unpaired) electrons. The van der Waals surface area contributed by atoms with Crippen LogP contribution < -0.4 is 5.32 Å². The third-order valence-corrected chi connectivity index (χ3v) is 2.66. The van der Waals surface area contributed by atoms with Crippen LogP contribution in [0.3, 0.4) is 0 Å². The molecule has 6 nitrogen and oxygen atoms in total. The number of aliphatic carboxylic acids is 1. The first-order valence-electron chi connectivity index (χ1n) is 5.65. The molecule has 1 unspecified atom stereocenters. The summed E-state index contributed by atoms with van der Waals surface area (Å²) in [6, 6.07) is 3.24. The average molecular weight is 284 g/mol. The molecule has 0 fully saturated rings. The van der Waals surface area contributed by atoms with Crippen LogP contribution in [0.5, 0.6) is 0 Å². The Hall–Kier alpha value is -2.51. The molecule has 1 aliphatic heterocycles. The van der Waals surface area contributed by atoms with Gasteiger partial charge in [-0.2, -0.15) is 0 Å². The van der Waals surface area contributed by atoms with Gasteiger partial charge in [0, 0.05) is 13.0 Å². The summed E-state index contributed by atoms with van der Waals surface area (Å²) in [6.45, 7) is -0.0295. The lowest BCUT2D eigenvalue weighted by Crippen LogP contribution is -2.34. The Kier molecular flexibility index (Phi) is 3.92. The zero-order valence-corrected chi connectivity index (χ0v) is 10.1. The van der Waals surface area contributed by atoms with Gasteiger partial charge in [-0.15, -0.1) is 0 Å². The van der Waals surface area contributed by atoms with E-state index in [9.17, 15) is 18.4 Å². The van der Waals surface area contributed by atoms with Gasteiger partial charge in [0.25, 0.3) is 5.91 Å². The lowest BCUT2D eigenvalue weighted by atomic mass is 10.1. The predicted octanol–water partition coefficient (Wildman–Crippen LogP) is 0.810. The van der Waals surface area contributed by atoms with Crippen LogP contribution in [0.25, 0.3) is 0 Å². The molecule has 8 heteroatoms. The standard InChI is InChI=1S/C12H10F2N2O4/c13-7-2-1-6(3-8(7)14)5-15-11(17)10-4-9(12(18)19)16-20-10/h1-3,10H,4-5H2,(H,15,17)(H,18,19). The van der Waals surface area contributed by atoms with Gasteiger partial charge in [-0.3, -0.25) is 4.79 Å². The summed E-state index contributed by atoms with van der Waals surface area (Å²) in [4.78, 5) is 26.9. The zero-order valence-electron chi connectivity index (χ0n) is 10.1. The molecule has 20 heavy (non-hydrogen) atoms. The maximum atomic E-state index is 12.9. The van der Waals surface area contributed by atoms with Crippen LogP contribution in [0.2, 0.25) is 0 Å². The largest absolute Gasteiger partial charge is 0.477 e. The Morgan fingerprint density at radius 3 is 2.75 bits per heavy atom. The van der Waals surface area contributed by atoms with Crippen LogP contribution in [0, 0.1) is 11.6 Å². The molecule has 0 aromatic heterocycles. The van der Waals surface area contributed by atoms with Crippen molar-refractivity contribution in [3.05, 3.63) is 35.4 Å². The monoisotopic (exact) mass is 284 g/mol. The zero-order chi connectivity index (χ0) is 14.7. The number of carboxylic acid groups (broad SMARTS) is 1. The van der Waals surface area contributed by atoms with Crippen molar-refractivity contribution in [3.63, 3.8) is 0 Å². The second-order valence-electron chi connectivity index (χ2n) is 4.11. The maximum absolute atomic E-state index is 12.9. The third-order valence-electron chi connectivity index (χ3n) is 2.66. The predicted molar refractivity (Wildman–Crippen MR) is 62.8 cm³/mol. The van der Waals surface area contributed by atoms with Crippen LogP contribution in [-0.2, 0) is 21.0 Å². The normalized spacial score (nSPS) is 17.3. The number of carbonyl (C=O) groups excluding carboxylic acids is 1. The number of nitrogens with zero attached hydrogens (tertiary/aromatic N) is 1. The molecule has 0 bridgehead atoms. The average Bonchev–Trinajstić information content (AvgIpc) is 2.89. The van der Waals surface area contributed by atoms with Crippen molar-refractivity contribution in [2.75, 3.05) is 0 Å². The number of nitrogens with one attached hydrogen (secondary N) is 1. The molecule has 1 amide bonds. The van der Waals surface area contributed by atoms with Crippen molar-refractivity contribution >= 4 is 17.6 Å². The van der Waals surface area contributed by atoms with Gasteiger partial charge >= 0.3 is 5.97 Å². The highest BCUT2D eigenvalue weighted by atomic mass is 19.2. The molecular formula is C12H10F2N2O4. The second kappa shape index (κ2) is 5.64. The minimum atomic E-state index is -1.25. The van der Waals surface area contributed by atoms with Crippen molar-refractivity contribution in [2.45, 2.75) is 19.1 Å². The third kappa shape index (κ3) is 3.08. The number of oxime groups is 1. The first-order valence-corrected chi connectivity index (χ1v) is 5.65. The molecule has 1 heterocycles.